The number of hydrogen-bond donors (Lipinski definition) is 2. The molecule has 1 aliphatic rings. The minimum absolute atomic E-state index is 0.0188. The maximum absolute atomic E-state index is 12.2. The summed E-state index contributed by atoms with van der Waals surface area (Å²) in [5, 5.41) is 2.60. The number of nitrogens with one attached hydrogen (secondary N) is 2. The zero-order valence-corrected chi connectivity index (χ0v) is 16.3. The van der Waals surface area contributed by atoms with Crippen LogP contribution in [0, 0.1) is 0 Å². The summed E-state index contributed by atoms with van der Waals surface area (Å²) in [5.74, 6) is 0.0188. The van der Waals surface area contributed by atoms with Crippen LogP contribution in [0.5, 0.6) is 0 Å². The highest BCUT2D eigenvalue weighted by molar-refractivity contribution is 7.92. The Bertz CT molecular complexity index is 692. The summed E-state index contributed by atoms with van der Waals surface area (Å²) in [6.45, 7) is 8.58. The molecule has 1 aromatic carbocycles. The SMILES string of the molecule is CC(C)(C)OC(=O)Nc1ccc(NS(=O)(=O)CCN2CCOCC2)cc1. The molecule has 146 valence electrons. The van der Waals surface area contributed by atoms with E-state index >= 15 is 0 Å². The fourth-order valence-corrected chi connectivity index (χ4v) is 3.44. The number of amides is 1. The second-order valence-electron chi connectivity index (χ2n) is 7.08. The maximum atomic E-state index is 12.2. The molecule has 1 fully saturated rings. The van der Waals surface area contributed by atoms with Crippen molar-refractivity contribution in [2.75, 3.05) is 48.6 Å². The van der Waals surface area contributed by atoms with Crippen molar-refractivity contribution in [3.05, 3.63) is 24.3 Å². The van der Waals surface area contributed by atoms with Gasteiger partial charge in [-0.1, -0.05) is 0 Å². The minimum atomic E-state index is -3.44. The number of anilines is 2. The Morgan fingerprint density at radius 2 is 1.73 bits per heavy atom. The molecule has 2 N–H and O–H groups in total. The van der Waals surface area contributed by atoms with Crippen molar-refractivity contribution in [2.24, 2.45) is 0 Å². The quantitative estimate of drug-likeness (QED) is 0.778. The highest BCUT2D eigenvalue weighted by atomic mass is 32.2. The first-order valence-electron chi connectivity index (χ1n) is 8.54. The number of nitrogens with zero attached hydrogens (tertiary/aromatic N) is 1. The van der Waals surface area contributed by atoms with Crippen LogP contribution in [0.2, 0.25) is 0 Å². The Hall–Kier alpha value is -1.84. The summed E-state index contributed by atoms with van der Waals surface area (Å²) in [5.41, 5.74) is 0.386. The van der Waals surface area contributed by atoms with Crippen molar-refractivity contribution in [1.82, 2.24) is 4.90 Å². The van der Waals surface area contributed by atoms with E-state index in [1.165, 1.54) is 0 Å². The molecule has 9 heteroatoms. The normalized spacial score (nSPS) is 16.1. The molecule has 0 atom stereocenters. The average Bonchev–Trinajstić information content (AvgIpc) is 2.54. The van der Waals surface area contributed by atoms with Crippen molar-refractivity contribution in [3.63, 3.8) is 0 Å². The number of morpholine rings is 1. The second-order valence-corrected chi connectivity index (χ2v) is 8.92. The van der Waals surface area contributed by atoms with Gasteiger partial charge in [0, 0.05) is 31.0 Å². The predicted molar refractivity (Wildman–Crippen MR) is 101 cm³/mol. The Labute approximate surface area is 154 Å². The van der Waals surface area contributed by atoms with Gasteiger partial charge in [-0.25, -0.2) is 13.2 Å². The van der Waals surface area contributed by atoms with Crippen LogP contribution in [-0.2, 0) is 19.5 Å². The molecule has 1 aromatic rings. The number of carbonyl (C=O) groups is 1. The van der Waals surface area contributed by atoms with Gasteiger partial charge in [0.2, 0.25) is 10.0 Å². The van der Waals surface area contributed by atoms with Crippen LogP contribution < -0.4 is 10.0 Å². The molecule has 1 amide bonds. The van der Waals surface area contributed by atoms with Gasteiger partial charge in [-0.15, -0.1) is 0 Å². The van der Waals surface area contributed by atoms with E-state index < -0.39 is 21.7 Å². The Morgan fingerprint density at radius 1 is 1.15 bits per heavy atom. The van der Waals surface area contributed by atoms with E-state index in [-0.39, 0.29) is 5.75 Å². The van der Waals surface area contributed by atoms with Crippen LogP contribution in [0.4, 0.5) is 16.2 Å². The molecule has 0 bridgehead atoms. The van der Waals surface area contributed by atoms with E-state index in [2.05, 4.69) is 14.9 Å². The topological polar surface area (TPSA) is 97.0 Å². The van der Waals surface area contributed by atoms with Gasteiger partial charge in [-0.05, 0) is 45.0 Å². The van der Waals surface area contributed by atoms with E-state index in [1.54, 1.807) is 45.0 Å². The molecule has 0 spiro atoms. The van der Waals surface area contributed by atoms with Gasteiger partial charge in [0.05, 0.1) is 19.0 Å². The van der Waals surface area contributed by atoms with Crippen LogP contribution in [-0.4, -0.2) is 63.6 Å². The first-order chi connectivity index (χ1) is 12.1. The molecule has 0 aromatic heterocycles. The largest absolute Gasteiger partial charge is 0.444 e. The molecule has 8 nitrogen and oxygen atoms in total. The summed E-state index contributed by atoms with van der Waals surface area (Å²) < 4.78 is 37.4. The standard InChI is InChI=1S/C17H27N3O5S/c1-17(2,3)25-16(21)18-14-4-6-15(7-5-14)19-26(22,23)13-10-20-8-11-24-12-9-20/h4-7,19H,8-13H2,1-3H3,(H,18,21). The number of rotatable bonds is 6. The Balaban J connectivity index is 1.84. The van der Waals surface area contributed by atoms with Crippen molar-refractivity contribution in [2.45, 2.75) is 26.4 Å². The Kier molecular flexibility index (Phi) is 6.85. The molecule has 2 rings (SSSR count). The average molecular weight is 385 g/mol. The molecular weight excluding hydrogens is 358 g/mol. The third-order valence-electron chi connectivity index (χ3n) is 3.58. The summed E-state index contributed by atoms with van der Waals surface area (Å²) >= 11 is 0. The van der Waals surface area contributed by atoms with Gasteiger partial charge in [-0.3, -0.25) is 14.9 Å². The molecule has 0 radical (unpaired) electrons. The number of benzene rings is 1. The lowest BCUT2D eigenvalue weighted by Gasteiger charge is -2.26. The van der Waals surface area contributed by atoms with Crippen LogP contribution in [0.25, 0.3) is 0 Å². The molecular formula is C17H27N3O5S. The third kappa shape index (κ3) is 7.59. The molecule has 0 saturated carbocycles. The van der Waals surface area contributed by atoms with E-state index in [9.17, 15) is 13.2 Å². The van der Waals surface area contributed by atoms with Gasteiger partial charge in [0.15, 0.2) is 0 Å². The Morgan fingerprint density at radius 3 is 2.31 bits per heavy atom. The summed E-state index contributed by atoms with van der Waals surface area (Å²) in [4.78, 5) is 13.8. The predicted octanol–water partition coefficient (Wildman–Crippen LogP) is 2.11. The summed E-state index contributed by atoms with van der Waals surface area (Å²) in [7, 11) is -3.44. The van der Waals surface area contributed by atoms with Crippen LogP contribution >= 0.6 is 0 Å². The number of carbonyl (C=O) groups excluding carboxylic acids is 1. The first-order valence-corrected chi connectivity index (χ1v) is 10.2. The maximum Gasteiger partial charge on any atom is 0.412 e. The van der Waals surface area contributed by atoms with Crippen molar-refractivity contribution < 1.29 is 22.7 Å². The smallest absolute Gasteiger partial charge is 0.412 e. The highest BCUT2D eigenvalue weighted by Gasteiger charge is 2.17. The molecule has 1 saturated heterocycles. The lowest BCUT2D eigenvalue weighted by molar-refractivity contribution is 0.0408. The van der Waals surface area contributed by atoms with E-state index in [1.807, 2.05) is 0 Å². The van der Waals surface area contributed by atoms with Gasteiger partial charge in [0.1, 0.15) is 5.60 Å². The molecule has 26 heavy (non-hydrogen) atoms. The number of hydrogen-bond acceptors (Lipinski definition) is 6. The zero-order chi connectivity index (χ0) is 19.2. The van der Waals surface area contributed by atoms with Crippen molar-refractivity contribution in [1.29, 1.82) is 0 Å². The van der Waals surface area contributed by atoms with Crippen molar-refractivity contribution >= 4 is 27.5 Å². The van der Waals surface area contributed by atoms with E-state index in [4.69, 9.17) is 9.47 Å². The molecule has 1 heterocycles. The minimum Gasteiger partial charge on any atom is -0.444 e. The molecule has 1 aliphatic heterocycles. The van der Waals surface area contributed by atoms with E-state index in [0.717, 1.165) is 13.1 Å². The summed E-state index contributed by atoms with van der Waals surface area (Å²) in [6, 6.07) is 6.42. The van der Waals surface area contributed by atoms with Crippen LogP contribution in [0.3, 0.4) is 0 Å². The van der Waals surface area contributed by atoms with Crippen LogP contribution in [0.15, 0.2) is 24.3 Å². The molecule has 0 unspecified atom stereocenters. The second kappa shape index (κ2) is 8.70. The summed E-state index contributed by atoms with van der Waals surface area (Å²) in [6.07, 6.45) is -0.559. The highest BCUT2D eigenvalue weighted by Crippen LogP contribution is 2.16. The fraction of sp³-hybridized carbons (Fsp3) is 0.588. The van der Waals surface area contributed by atoms with Crippen LogP contribution in [0.1, 0.15) is 20.8 Å². The zero-order valence-electron chi connectivity index (χ0n) is 15.4. The van der Waals surface area contributed by atoms with Gasteiger partial charge in [0.25, 0.3) is 0 Å². The van der Waals surface area contributed by atoms with Gasteiger partial charge in [-0.2, -0.15) is 0 Å². The van der Waals surface area contributed by atoms with Gasteiger partial charge >= 0.3 is 6.09 Å². The molecule has 0 aliphatic carbocycles. The lowest BCUT2D eigenvalue weighted by Crippen LogP contribution is -2.39. The monoisotopic (exact) mass is 385 g/mol. The fourth-order valence-electron chi connectivity index (χ4n) is 2.35. The lowest BCUT2D eigenvalue weighted by atomic mass is 10.2. The first kappa shape index (κ1) is 20.5. The number of sulfonamides is 1. The third-order valence-corrected chi connectivity index (χ3v) is 4.85. The van der Waals surface area contributed by atoms with Crippen molar-refractivity contribution in [3.8, 4) is 0 Å². The number of ether oxygens (including phenoxy) is 2. The van der Waals surface area contributed by atoms with E-state index in [0.29, 0.717) is 31.1 Å². The van der Waals surface area contributed by atoms with Gasteiger partial charge < -0.3 is 9.47 Å².